The second-order valence-electron chi connectivity index (χ2n) is 2.36. The van der Waals surface area contributed by atoms with Crippen LogP contribution in [-0.2, 0) is 4.79 Å². The molecule has 0 amide bonds. The maximum atomic E-state index is 10.5. The summed E-state index contributed by atoms with van der Waals surface area (Å²) in [5, 5.41) is 16.9. The number of rotatable bonds is 5. The molecule has 0 fully saturated rings. The zero-order valence-electron chi connectivity index (χ0n) is 6.78. The highest BCUT2D eigenvalue weighted by Gasteiger charge is 2.17. The Balaban J connectivity index is 3.77. The van der Waals surface area contributed by atoms with Gasteiger partial charge in [-0.1, -0.05) is 13.8 Å². The number of carbonyl (C=O) groups is 1. The number of carboxylic acids is 1. The summed E-state index contributed by atoms with van der Waals surface area (Å²) in [4.78, 5) is 10.5. The van der Waals surface area contributed by atoms with Crippen molar-refractivity contribution in [2.24, 2.45) is 0 Å². The highest BCUT2D eigenvalue weighted by molar-refractivity contribution is 8.01. The molecule has 0 aromatic heterocycles. The molecule has 0 aliphatic heterocycles. The molecule has 0 saturated heterocycles. The van der Waals surface area contributed by atoms with Crippen molar-refractivity contribution < 1.29 is 15.0 Å². The van der Waals surface area contributed by atoms with Crippen molar-refractivity contribution in [2.45, 2.75) is 30.8 Å². The van der Waals surface area contributed by atoms with E-state index in [1.807, 2.05) is 13.8 Å². The second-order valence-corrected chi connectivity index (χ2v) is 4.01. The Hall–Kier alpha value is -0.220. The van der Waals surface area contributed by atoms with Gasteiger partial charge in [-0.25, -0.2) is 0 Å². The Labute approximate surface area is 70.8 Å². The molecule has 0 heterocycles. The second kappa shape index (κ2) is 5.43. The van der Waals surface area contributed by atoms with Gasteiger partial charge in [0.2, 0.25) is 0 Å². The van der Waals surface area contributed by atoms with Crippen LogP contribution in [0.4, 0.5) is 0 Å². The molecule has 3 nitrogen and oxygen atoms in total. The predicted molar refractivity (Wildman–Crippen MR) is 45.9 cm³/mol. The quantitative estimate of drug-likeness (QED) is 0.658. The van der Waals surface area contributed by atoms with Crippen LogP contribution in [0.3, 0.4) is 0 Å². The molecule has 4 heteroatoms. The average molecular weight is 178 g/mol. The van der Waals surface area contributed by atoms with Crippen LogP contribution in [0.2, 0.25) is 0 Å². The van der Waals surface area contributed by atoms with Crippen LogP contribution in [0, 0.1) is 0 Å². The summed E-state index contributed by atoms with van der Waals surface area (Å²) in [5.41, 5.74) is 0. The zero-order valence-corrected chi connectivity index (χ0v) is 7.60. The first-order valence-electron chi connectivity index (χ1n) is 3.60. The maximum Gasteiger partial charge on any atom is 0.316 e. The summed E-state index contributed by atoms with van der Waals surface area (Å²) in [5.74, 6) is -0.794. The van der Waals surface area contributed by atoms with Crippen molar-refractivity contribution in [1.82, 2.24) is 0 Å². The Morgan fingerprint density at radius 1 is 1.64 bits per heavy atom. The highest BCUT2D eigenvalue weighted by atomic mass is 32.2. The van der Waals surface area contributed by atoms with E-state index in [4.69, 9.17) is 10.2 Å². The Morgan fingerprint density at radius 3 is 2.45 bits per heavy atom. The van der Waals surface area contributed by atoms with E-state index in [-0.39, 0.29) is 17.1 Å². The van der Waals surface area contributed by atoms with Gasteiger partial charge in [-0.15, -0.1) is 11.8 Å². The molecular weight excluding hydrogens is 164 g/mol. The summed E-state index contributed by atoms with van der Waals surface area (Å²) in [7, 11) is 0. The summed E-state index contributed by atoms with van der Waals surface area (Å²) in [6.45, 7) is 3.68. The number of aliphatic hydroxyl groups is 1. The van der Waals surface area contributed by atoms with Gasteiger partial charge in [-0.3, -0.25) is 4.79 Å². The summed E-state index contributed by atoms with van der Waals surface area (Å²) < 4.78 is 0. The van der Waals surface area contributed by atoms with Crippen molar-refractivity contribution in [3.8, 4) is 0 Å². The molecule has 2 N–H and O–H groups in total. The lowest BCUT2D eigenvalue weighted by molar-refractivity contribution is -0.136. The third-order valence-corrected chi connectivity index (χ3v) is 2.78. The molecule has 0 aromatic rings. The van der Waals surface area contributed by atoms with Gasteiger partial charge in [0.25, 0.3) is 0 Å². The first-order chi connectivity index (χ1) is 5.11. The fourth-order valence-electron chi connectivity index (χ4n) is 0.653. The first kappa shape index (κ1) is 10.8. The summed E-state index contributed by atoms with van der Waals surface area (Å²) >= 11 is 1.30. The third kappa shape index (κ3) is 4.27. The molecule has 0 bridgehead atoms. The molecule has 11 heavy (non-hydrogen) atoms. The number of thioether (sulfide) groups is 1. The van der Waals surface area contributed by atoms with E-state index < -0.39 is 5.97 Å². The monoisotopic (exact) mass is 178 g/mol. The van der Waals surface area contributed by atoms with E-state index in [0.717, 1.165) is 0 Å². The van der Waals surface area contributed by atoms with Crippen LogP contribution < -0.4 is 0 Å². The highest BCUT2D eigenvalue weighted by Crippen LogP contribution is 2.19. The van der Waals surface area contributed by atoms with Crippen LogP contribution in [0.5, 0.6) is 0 Å². The van der Waals surface area contributed by atoms with Crippen LogP contribution in [-0.4, -0.2) is 33.3 Å². The van der Waals surface area contributed by atoms with E-state index in [0.29, 0.717) is 6.42 Å². The van der Waals surface area contributed by atoms with Gasteiger partial charge in [0.1, 0.15) is 5.25 Å². The van der Waals surface area contributed by atoms with Gasteiger partial charge in [-0.2, -0.15) is 0 Å². The normalized spacial score (nSPS) is 15.9. The number of hydrogen-bond donors (Lipinski definition) is 2. The zero-order chi connectivity index (χ0) is 8.85. The maximum absolute atomic E-state index is 10.5. The molecular formula is C7H14O3S. The summed E-state index contributed by atoms with van der Waals surface area (Å²) in [6.07, 6.45) is 0.602. The average Bonchev–Trinajstić information content (AvgIpc) is 1.99. The fraction of sp³-hybridized carbons (Fsp3) is 0.857. The van der Waals surface area contributed by atoms with Crippen molar-refractivity contribution in [2.75, 3.05) is 6.61 Å². The first-order valence-corrected chi connectivity index (χ1v) is 4.55. The molecule has 0 spiro atoms. The van der Waals surface area contributed by atoms with Gasteiger partial charge in [0.15, 0.2) is 0 Å². The topological polar surface area (TPSA) is 57.5 Å². The molecule has 0 aliphatic carbocycles. The number of aliphatic carboxylic acids is 1. The number of hydrogen-bond acceptors (Lipinski definition) is 3. The molecule has 0 aromatic carbocycles. The molecule has 66 valence electrons. The molecule has 2 unspecified atom stereocenters. The van der Waals surface area contributed by atoms with Gasteiger partial charge in [0.05, 0.1) is 6.61 Å². The SMILES string of the molecule is CCC(SC(C)CO)C(=O)O. The molecule has 0 rings (SSSR count). The van der Waals surface area contributed by atoms with Crippen molar-refractivity contribution >= 4 is 17.7 Å². The lowest BCUT2D eigenvalue weighted by atomic mass is 10.3. The minimum Gasteiger partial charge on any atom is -0.480 e. The lowest BCUT2D eigenvalue weighted by Gasteiger charge is -2.13. The van der Waals surface area contributed by atoms with Gasteiger partial charge in [0, 0.05) is 5.25 Å². The minimum atomic E-state index is -0.794. The van der Waals surface area contributed by atoms with Gasteiger partial charge in [-0.05, 0) is 6.42 Å². The van der Waals surface area contributed by atoms with E-state index in [1.165, 1.54) is 11.8 Å². The summed E-state index contributed by atoms with van der Waals surface area (Å²) in [6, 6.07) is 0. The van der Waals surface area contributed by atoms with Crippen molar-refractivity contribution in [3.05, 3.63) is 0 Å². The smallest absolute Gasteiger partial charge is 0.316 e. The van der Waals surface area contributed by atoms with Gasteiger partial charge >= 0.3 is 5.97 Å². The Kier molecular flexibility index (Phi) is 5.32. The van der Waals surface area contributed by atoms with Gasteiger partial charge < -0.3 is 10.2 Å². The van der Waals surface area contributed by atoms with E-state index in [9.17, 15) is 4.79 Å². The van der Waals surface area contributed by atoms with Crippen LogP contribution >= 0.6 is 11.8 Å². The molecule has 0 radical (unpaired) electrons. The fourth-order valence-corrected chi connectivity index (χ4v) is 1.61. The van der Waals surface area contributed by atoms with Crippen LogP contribution in [0.1, 0.15) is 20.3 Å². The molecule has 0 aliphatic rings. The van der Waals surface area contributed by atoms with Crippen molar-refractivity contribution in [3.63, 3.8) is 0 Å². The van der Waals surface area contributed by atoms with E-state index in [2.05, 4.69) is 0 Å². The van der Waals surface area contributed by atoms with Crippen molar-refractivity contribution in [1.29, 1.82) is 0 Å². The van der Waals surface area contributed by atoms with Crippen LogP contribution in [0.15, 0.2) is 0 Å². The molecule has 2 atom stereocenters. The van der Waals surface area contributed by atoms with E-state index >= 15 is 0 Å². The Morgan fingerprint density at radius 2 is 2.18 bits per heavy atom. The largest absolute Gasteiger partial charge is 0.480 e. The minimum absolute atomic E-state index is 0.0102. The number of aliphatic hydroxyl groups excluding tert-OH is 1. The standard InChI is InChI=1S/C7H14O3S/c1-3-6(7(9)10)11-5(2)4-8/h5-6,8H,3-4H2,1-2H3,(H,9,10). The Bertz CT molecular complexity index is 127. The molecule has 0 saturated carbocycles. The third-order valence-electron chi connectivity index (χ3n) is 1.30. The van der Waals surface area contributed by atoms with Crippen LogP contribution in [0.25, 0.3) is 0 Å². The lowest BCUT2D eigenvalue weighted by Crippen LogP contribution is -2.19. The van der Waals surface area contributed by atoms with E-state index in [1.54, 1.807) is 0 Å². The predicted octanol–water partition coefficient (Wildman–Crippen LogP) is 0.964. The number of carboxylic acid groups (broad SMARTS) is 1.